The Balaban J connectivity index is 1.28. The second-order valence-electron chi connectivity index (χ2n) is 9.34. The average Bonchev–Trinajstić information content (AvgIpc) is 3.53. The molecular weight excluding hydrogens is 491 g/mol. The Morgan fingerprint density at radius 2 is 1.64 bits per heavy atom. The molecule has 1 aliphatic rings. The second kappa shape index (κ2) is 11.5. The van der Waals surface area contributed by atoms with Gasteiger partial charge in [-0.2, -0.15) is 0 Å². The predicted molar refractivity (Wildman–Crippen MR) is 147 cm³/mol. The number of nitrogens with zero attached hydrogens (tertiary/aromatic N) is 3. The van der Waals surface area contributed by atoms with Gasteiger partial charge in [0, 0.05) is 35.1 Å². The number of hydrogen-bond acceptors (Lipinski definition) is 3. The van der Waals surface area contributed by atoms with Gasteiger partial charge in [-0.1, -0.05) is 53.5 Å². The van der Waals surface area contributed by atoms with Gasteiger partial charge in [0.1, 0.15) is 5.82 Å². The summed E-state index contributed by atoms with van der Waals surface area (Å²) in [6, 6.07) is 21.5. The minimum absolute atomic E-state index is 0.0231. The van der Waals surface area contributed by atoms with Gasteiger partial charge >= 0.3 is 0 Å². The minimum Gasteiger partial charge on any atom is -0.352 e. The van der Waals surface area contributed by atoms with Crippen LogP contribution in [0.25, 0.3) is 11.0 Å². The molecule has 7 heteroatoms. The molecule has 1 N–H and O–H groups in total. The molecular formula is C29H30Cl2N4O. The standard InChI is InChI=1S/C29H30Cl2N4O/c30-24-7-5-8-25(31)23(24)19-28-33-26-9-1-2-10-27(26)35(28)20-21-11-13-22(14-12-21)29(36)32-15-6-18-34-16-3-4-17-34/h1-2,5,7-14H,3-4,6,15-20H2,(H,32,36). The van der Waals surface area contributed by atoms with E-state index in [2.05, 4.69) is 20.9 Å². The number of aromatic nitrogens is 2. The Hall–Kier alpha value is -2.86. The third kappa shape index (κ3) is 5.75. The van der Waals surface area contributed by atoms with Crippen LogP contribution >= 0.6 is 23.2 Å². The van der Waals surface area contributed by atoms with E-state index in [0.29, 0.717) is 35.1 Å². The Morgan fingerprint density at radius 3 is 2.39 bits per heavy atom. The molecule has 0 bridgehead atoms. The fourth-order valence-electron chi connectivity index (χ4n) is 4.85. The normalized spacial score (nSPS) is 13.9. The molecule has 1 fully saturated rings. The van der Waals surface area contributed by atoms with E-state index in [-0.39, 0.29) is 5.91 Å². The molecule has 1 amide bonds. The van der Waals surface area contributed by atoms with Crippen LogP contribution in [0.5, 0.6) is 0 Å². The van der Waals surface area contributed by atoms with Crippen LogP contribution in [0, 0.1) is 0 Å². The van der Waals surface area contributed by atoms with Crippen LogP contribution in [0.15, 0.2) is 66.7 Å². The molecule has 186 valence electrons. The maximum atomic E-state index is 12.6. The molecule has 36 heavy (non-hydrogen) atoms. The van der Waals surface area contributed by atoms with Gasteiger partial charge < -0.3 is 14.8 Å². The summed E-state index contributed by atoms with van der Waals surface area (Å²) in [4.78, 5) is 19.9. The summed E-state index contributed by atoms with van der Waals surface area (Å²) >= 11 is 12.9. The van der Waals surface area contributed by atoms with E-state index in [0.717, 1.165) is 41.0 Å². The fraction of sp³-hybridized carbons (Fsp3) is 0.310. The zero-order chi connectivity index (χ0) is 24.9. The quantitative estimate of drug-likeness (QED) is 0.267. The number of halogens is 2. The number of benzene rings is 3. The van der Waals surface area contributed by atoms with E-state index in [1.165, 1.54) is 25.9 Å². The van der Waals surface area contributed by atoms with Crippen molar-refractivity contribution in [3.8, 4) is 0 Å². The van der Waals surface area contributed by atoms with Crippen molar-refractivity contribution in [3.05, 3.63) is 99.3 Å². The van der Waals surface area contributed by atoms with Crippen LogP contribution in [0.3, 0.4) is 0 Å². The number of carbonyl (C=O) groups excluding carboxylic acids is 1. The van der Waals surface area contributed by atoms with E-state index < -0.39 is 0 Å². The van der Waals surface area contributed by atoms with E-state index in [9.17, 15) is 4.79 Å². The third-order valence-electron chi connectivity index (χ3n) is 6.82. The van der Waals surface area contributed by atoms with Crippen LogP contribution in [0.4, 0.5) is 0 Å². The zero-order valence-corrected chi connectivity index (χ0v) is 21.7. The first-order valence-electron chi connectivity index (χ1n) is 12.5. The molecule has 0 saturated carbocycles. The molecule has 1 saturated heterocycles. The molecule has 4 aromatic rings. The van der Waals surface area contributed by atoms with Gasteiger partial charge in [0.15, 0.2) is 0 Å². The molecule has 0 atom stereocenters. The largest absolute Gasteiger partial charge is 0.352 e. The first-order valence-corrected chi connectivity index (χ1v) is 13.3. The lowest BCUT2D eigenvalue weighted by Gasteiger charge is -2.14. The maximum Gasteiger partial charge on any atom is 0.251 e. The predicted octanol–water partition coefficient (Wildman–Crippen LogP) is 6.20. The highest BCUT2D eigenvalue weighted by Gasteiger charge is 2.16. The molecule has 3 aromatic carbocycles. The Morgan fingerprint density at radius 1 is 0.917 bits per heavy atom. The molecule has 0 unspecified atom stereocenters. The summed E-state index contributed by atoms with van der Waals surface area (Å²) < 4.78 is 2.20. The third-order valence-corrected chi connectivity index (χ3v) is 7.53. The monoisotopic (exact) mass is 520 g/mol. The van der Waals surface area contributed by atoms with E-state index >= 15 is 0 Å². The van der Waals surface area contributed by atoms with Crippen molar-refractivity contribution in [3.63, 3.8) is 0 Å². The summed E-state index contributed by atoms with van der Waals surface area (Å²) in [6.45, 7) is 4.77. The second-order valence-corrected chi connectivity index (χ2v) is 10.1. The average molecular weight is 521 g/mol. The number of para-hydroxylation sites is 2. The van der Waals surface area contributed by atoms with E-state index in [1.807, 2.05) is 60.7 Å². The van der Waals surface area contributed by atoms with Crippen molar-refractivity contribution < 1.29 is 4.79 Å². The fourth-order valence-corrected chi connectivity index (χ4v) is 5.38. The molecule has 0 spiro atoms. The van der Waals surface area contributed by atoms with Crippen LogP contribution < -0.4 is 5.32 Å². The number of amides is 1. The summed E-state index contributed by atoms with van der Waals surface area (Å²) in [6.07, 6.45) is 4.10. The lowest BCUT2D eigenvalue weighted by Crippen LogP contribution is -2.28. The number of imidazole rings is 1. The first kappa shape index (κ1) is 24.8. The summed E-state index contributed by atoms with van der Waals surface area (Å²) in [7, 11) is 0. The highest BCUT2D eigenvalue weighted by atomic mass is 35.5. The van der Waals surface area contributed by atoms with Gasteiger partial charge in [-0.05, 0) is 86.4 Å². The maximum absolute atomic E-state index is 12.6. The van der Waals surface area contributed by atoms with Crippen molar-refractivity contribution in [2.75, 3.05) is 26.2 Å². The van der Waals surface area contributed by atoms with Crippen molar-refractivity contribution in [1.29, 1.82) is 0 Å². The Bertz CT molecular complexity index is 1320. The van der Waals surface area contributed by atoms with Gasteiger partial charge in [0.05, 0.1) is 11.0 Å². The summed E-state index contributed by atoms with van der Waals surface area (Å²) in [5.41, 5.74) is 4.62. The van der Waals surface area contributed by atoms with Crippen LogP contribution in [0.2, 0.25) is 10.0 Å². The molecule has 5 nitrogen and oxygen atoms in total. The number of carbonyl (C=O) groups is 1. The van der Waals surface area contributed by atoms with Gasteiger partial charge in [0.2, 0.25) is 0 Å². The molecule has 2 heterocycles. The topological polar surface area (TPSA) is 50.2 Å². The number of rotatable bonds is 9. The van der Waals surface area contributed by atoms with Gasteiger partial charge in [-0.15, -0.1) is 0 Å². The van der Waals surface area contributed by atoms with Gasteiger partial charge in [-0.25, -0.2) is 4.98 Å². The molecule has 5 rings (SSSR count). The summed E-state index contributed by atoms with van der Waals surface area (Å²) in [5, 5.41) is 4.33. The van der Waals surface area contributed by atoms with Crippen LogP contribution in [-0.4, -0.2) is 46.5 Å². The van der Waals surface area contributed by atoms with Gasteiger partial charge in [0.25, 0.3) is 5.91 Å². The van der Waals surface area contributed by atoms with Crippen LogP contribution in [0.1, 0.15) is 46.6 Å². The number of nitrogens with one attached hydrogen (secondary N) is 1. The van der Waals surface area contributed by atoms with Crippen molar-refractivity contribution in [1.82, 2.24) is 19.8 Å². The molecule has 1 aromatic heterocycles. The highest BCUT2D eigenvalue weighted by Crippen LogP contribution is 2.28. The molecule has 0 aliphatic carbocycles. The van der Waals surface area contributed by atoms with Crippen molar-refractivity contribution in [2.45, 2.75) is 32.2 Å². The lowest BCUT2D eigenvalue weighted by molar-refractivity contribution is 0.0952. The number of hydrogen-bond donors (Lipinski definition) is 1. The van der Waals surface area contributed by atoms with E-state index in [1.54, 1.807) is 0 Å². The minimum atomic E-state index is -0.0231. The highest BCUT2D eigenvalue weighted by molar-refractivity contribution is 6.36. The van der Waals surface area contributed by atoms with Crippen LogP contribution in [-0.2, 0) is 13.0 Å². The summed E-state index contributed by atoms with van der Waals surface area (Å²) in [5.74, 6) is 0.871. The molecule has 1 aliphatic heterocycles. The van der Waals surface area contributed by atoms with Crippen molar-refractivity contribution >= 4 is 40.1 Å². The van der Waals surface area contributed by atoms with Gasteiger partial charge in [-0.3, -0.25) is 4.79 Å². The first-order chi connectivity index (χ1) is 17.6. The Kier molecular flexibility index (Phi) is 7.90. The molecule has 0 radical (unpaired) electrons. The lowest BCUT2D eigenvalue weighted by atomic mass is 10.1. The smallest absolute Gasteiger partial charge is 0.251 e. The van der Waals surface area contributed by atoms with Crippen molar-refractivity contribution in [2.24, 2.45) is 0 Å². The number of fused-ring (bicyclic) bond motifs is 1. The zero-order valence-electron chi connectivity index (χ0n) is 20.2. The number of likely N-dealkylation sites (tertiary alicyclic amines) is 1. The Labute approximate surface area is 222 Å². The van der Waals surface area contributed by atoms with E-state index in [4.69, 9.17) is 28.2 Å². The SMILES string of the molecule is O=C(NCCCN1CCCC1)c1ccc(Cn2c(Cc3c(Cl)cccc3Cl)nc3ccccc32)cc1.